The smallest absolute Gasteiger partial charge is 0.408 e. The molecule has 32 heavy (non-hydrogen) atoms. The number of hydrogen-bond acceptors (Lipinski definition) is 4. The van der Waals surface area contributed by atoms with Gasteiger partial charge >= 0.3 is 6.09 Å². The molecular formula is C24H28FN3O4. The van der Waals surface area contributed by atoms with Gasteiger partial charge in [0.25, 0.3) is 5.91 Å². The fraction of sp³-hybridized carbons (Fsp3) is 0.375. The number of carbonyl (C=O) groups excluding carboxylic acids is 3. The van der Waals surface area contributed by atoms with Crippen molar-refractivity contribution >= 4 is 17.9 Å². The van der Waals surface area contributed by atoms with Gasteiger partial charge in [0.1, 0.15) is 17.5 Å². The van der Waals surface area contributed by atoms with Crippen molar-refractivity contribution in [3.63, 3.8) is 0 Å². The Morgan fingerprint density at radius 3 is 2.44 bits per heavy atom. The Labute approximate surface area is 186 Å². The number of nitrogens with one attached hydrogen (secondary N) is 1. The fourth-order valence-corrected chi connectivity index (χ4v) is 3.59. The van der Waals surface area contributed by atoms with Crippen LogP contribution in [-0.2, 0) is 28.9 Å². The van der Waals surface area contributed by atoms with Gasteiger partial charge in [0.05, 0.1) is 0 Å². The summed E-state index contributed by atoms with van der Waals surface area (Å²) in [5, 5.41) is 2.53. The van der Waals surface area contributed by atoms with E-state index in [-0.39, 0.29) is 18.1 Å². The van der Waals surface area contributed by atoms with Crippen molar-refractivity contribution < 1.29 is 23.5 Å². The summed E-state index contributed by atoms with van der Waals surface area (Å²) in [7, 11) is 0. The molecule has 0 spiro atoms. The second-order valence-electron chi connectivity index (χ2n) is 8.89. The molecule has 2 aromatic rings. The van der Waals surface area contributed by atoms with E-state index in [0.29, 0.717) is 25.1 Å². The van der Waals surface area contributed by atoms with E-state index in [9.17, 15) is 18.8 Å². The average Bonchev–Trinajstić information content (AvgIpc) is 2.71. The zero-order valence-corrected chi connectivity index (χ0v) is 18.5. The number of benzene rings is 2. The summed E-state index contributed by atoms with van der Waals surface area (Å²) >= 11 is 0. The van der Waals surface area contributed by atoms with Crippen LogP contribution < -0.4 is 11.1 Å². The van der Waals surface area contributed by atoms with Crippen LogP contribution in [0.1, 0.15) is 47.8 Å². The first kappa shape index (κ1) is 23.2. The van der Waals surface area contributed by atoms with Crippen LogP contribution in [0, 0.1) is 5.82 Å². The minimum atomic E-state index is -0.900. The summed E-state index contributed by atoms with van der Waals surface area (Å²) in [6, 6.07) is 10.4. The topological polar surface area (TPSA) is 102 Å². The van der Waals surface area contributed by atoms with E-state index < -0.39 is 23.6 Å². The highest BCUT2D eigenvalue weighted by Crippen LogP contribution is 2.23. The number of ether oxygens (including phenoxy) is 1. The monoisotopic (exact) mass is 441 g/mol. The van der Waals surface area contributed by atoms with Crippen LogP contribution >= 0.6 is 0 Å². The Hall–Kier alpha value is -3.42. The summed E-state index contributed by atoms with van der Waals surface area (Å²) < 4.78 is 18.3. The zero-order valence-electron chi connectivity index (χ0n) is 18.5. The van der Waals surface area contributed by atoms with Gasteiger partial charge in [-0.05, 0) is 68.1 Å². The Morgan fingerprint density at radius 1 is 1.12 bits per heavy atom. The summed E-state index contributed by atoms with van der Waals surface area (Å²) in [4.78, 5) is 38.3. The molecule has 0 aromatic heterocycles. The van der Waals surface area contributed by atoms with E-state index >= 15 is 0 Å². The first-order valence-corrected chi connectivity index (χ1v) is 10.5. The van der Waals surface area contributed by atoms with E-state index in [1.807, 2.05) is 18.2 Å². The standard InChI is InChI=1S/C24H28FN3O4/c1-24(2,3)32-23(31)27-20(21(26)29)13-15-4-5-18-14-28(11-10-17(18)12-15)22(30)16-6-8-19(25)9-7-16/h4-9,12,20H,10-11,13-14H2,1-3H3,(H2,26,29)(H,27,31)/t20-/m0/s1. The maximum Gasteiger partial charge on any atom is 0.408 e. The lowest BCUT2D eigenvalue weighted by Crippen LogP contribution is -2.47. The number of carbonyl (C=O) groups is 3. The summed E-state index contributed by atoms with van der Waals surface area (Å²) in [5.41, 5.74) is 8.17. The lowest BCUT2D eigenvalue weighted by atomic mass is 9.94. The number of fused-ring (bicyclic) bond motifs is 1. The van der Waals surface area contributed by atoms with Crippen molar-refractivity contribution in [2.45, 2.75) is 51.8 Å². The molecule has 0 saturated heterocycles. The van der Waals surface area contributed by atoms with Crippen LogP contribution in [0.25, 0.3) is 0 Å². The van der Waals surface area contributed by atoms with E-state index in [1.165, 1.54) is 24.3 Å². The number of alkyl carbamates (subject to hydrolysis) is 1. The molecule has 1 heterocycles. The molecule has 1 atom stereocenters. The molecule has 3 rings (SSSR count). The van der Waals surface area contributed by atoms with Gasteiger partial charge in [-0.2, -0.15) is 0 Å². The van der Waals surface area contributed by atoms with Crippen LogP contribution in [-0.4, -0.2) is 41.0 Å². The maximum absolute atomic E-state index is 13.1. The number of primary amides is 1. The third-order valence-electron chi connectivity index (χ3n) is 5.14. The van der Waals surface area contributed by atoms with Crippen LogP contribution in [0.5, 0.6) is 0 Å². The summed E-state index contributed by atoms with van der Waals surface area (Å²) in [6.45, 7) is 6.18. The summed E-state index contributed by atoms with van der Waals surface area (Å²) in [5.74, 6) is -1.17. The second-order valence-corrected chi connectivity index (χ2v) is 8.89. The van der Waals surface area contributed by atoms with Gasteiger partial charge in [-0.15, -0.1) is 0 Å². The van der Waals surface area contributed by atoms with Gasteiger partial charge < -0.3 is 20.7 Å². The van der Waals surface area contributed by atoms with Gasteiger partial charge in [0.15, 0.2) is 0 Å². The Kier molecular flexibility index (Phi) is 6.81. The average molecular weight is 442 g/mol. The Balaban J connectivity index is 1.67. The first-order valence-electron chi connectivity index (χ1n) is 10.5. The molecule has 1 aliphatic heterocycles. The molecule has 0 unspecified atom stereocenters. The number of rotatable bonds is 5. The Morgan fingerprint density at radius 2 is 1.81 bits per heavy atom. The van der Waals surface area contributed by atoms with Crippen molar-refractivity contribution in [2.24, 2.45) is 5.73 Å². The van der Waals surface area contributed by atoms with Crippen LogP contribution in [0.2, 0.25) is 0 Å². The zero-order chi connectivity index (χ0) is 23.5. The largest absolute Gasteiger partial charge is 0.444 e. The lowest BCUT2D eigenvalue weighted by molar-refractivity contribution is -0.120. The molecule has 0 aliphatic carbocycles. The molecule has 3 N–H and O–H groups in total. The quantitative estimate of drug-likeness (QED) is 0.745. The molecule has 8 heteroatoms. The molecule has 7 nitrogen and oxygen atoms in total. The second kappa shape index (κ2) is 9.38. The van der Waals surface area contributed by atoms with E-state index in [0.717, 1.165) is 16.7 Å². The van der Waals surface area contributed by atoms with Gasteiger partial charge in [0.2, 0.25) is 5.91 Å². The number of nitrogens with zero attached hydrogens (tertiary/aromatic N) is 1. The van der Waals surface area contributed by atoms with Crippen molar-refractivity contribution in [3.05, 3.63) is 70.5 Å². The lowest BCUT2D eigenvalue weighted by Gasteiger charge is -2.29. The molecule has 0 radical (unpaired) electrons. The molecule has 0 fully saturated rings. The van der Waals surface area contributed by atoms with Gasteiger partial charge in [-0.25, -0.2) is 9.18 Å². The Bertz CT molecular complexity index is 1010. The molecule has 170 valence electrons. The molecule has 0 saturated carbocycles. The SMILES string of the molecule is CC(C)(C)OC(=O)N[C@@H](Cc1ccc2c(c1)CCN(C(=O)c1ccc(F)cc1)C2)C(N)=O. The minimum Gasteiger partial charge on any atom is -0.444 e. The van der Waals surface area contributed by atoms with Gasteiger partial charge in [-0.3, -0.25) is 9.59 Å². The van der Waals surface area contributed by atoms with Gasteiger partial charge in [0, 0.05) is 25.1 Å². The highest BCUT2D eigenvalue weighted by molar-refractivity contribution is 5.94. The first-order chi connectivity index (χ1) is 15.0. The van der Waals surface area contributed by atoms with E-state index in [1.54, 1.807) is 25.7 Å². The summed E-state index contributed by atoms with van der Waals surface area (Å²) in [6.07, 6.45) is 0.186. The van der Waals surface area contributed by atoms with Crippen molar-refractivity contribution in [2.75, 3.05) is 6.54 Å². The predicted molar refractivity (Wildman–Crippen MR) is 117 cm³/mol. The number of halogens is 1. The number of hydrogen-bond donors (Lipinski definition) is 2. The van der Waals surface area contributed by atoms with Crippen LogP contribution in [0.4, 0.5) is 9.18 Å². The molecule has 3 amide bonds. The molecular weight excluding hydrogens is 413 g/mol. The van der Waals surface area contributed by atoms with Crippen molar-refractivity contribution in [1.82, 2.24) is 10.2 Å². The highest BCUT2D eigenvalue weighted by Gasteiger charge is 2.25. The number of amides is 3. The molecule has 1 aliphatic rings. The van der Waals surface area contributed by atoms with Crippen molar-refractivity contribution in [3.8, 4) is 0 Å². The maximum atomic E-state index is 13.1. The fourth-order valence-electron chi connectivity index (χ4n) is 3.59. The minimum absolute atomic E-state index is 0.143. The van der Waals surface area contributed by atoms with Crippen LogP contribution in [0.15, 0.2) is 42.5 Å². The normalized spacial score (nSPS) is 14.3. The van der Waals surface area contributed by atoms with Gasteiger partial charge in [-0.1, -0.05) is 18.2 Å². The molecule has 2 aromatic carbocycles. The van der Waals surface area contributed by atoms with Crippen LogP contribution in [0.3, 0.4) is 0 Å². The third kappa shape index (κ3) is 6.06. The highest BCUT2D eigenvalue weighted by atomic mass is 19.1. The third-order valence-corrected chi connectivity index (χ3v) is 5.14. The van der Waals surface area contributed by atoms with E-state index in [2.05, 4.69) is 5.32 Å². The predicted octanol–water partition coefficient (Wildman–Crippen LogP) is 2.95. The van der Waals surface area contributed by atoms with Crippen molar-refractivity contribution in [1.29, 1.82) is 0 Å². The number of nitrogens with two attached hydrogens (primary N) is 1. The molecule has 0 bridgehead atoms. The van der Waals surface area contributed by atoms with E-state index in [4.69, 9.17) is 10.5 Å².